The van der Waals surface area contributed by atoms with Gasteiger partial charge < -0.3 is 15.1 Å². The van der Waals surface area contributed by atoms with Crippen LogP contribution in [0.3, 0.4) is 0 Å². The number of carbonyl (C=O) groups is 1. The first-order valence-electron chi connectivity index (χ1n) is 8.59. The lowest BCUT2D eigenvalue weighted by Gasteiger charge is -2.37. The highest BCUT2D eigenvalue weighted by Gasteiger charge is 2.31. The SMILES string of the molecule is CCN(CC)C(=O)C(c1ccc(N(C)C)cc1)N1CCNCC1. The van der Waals surface area contributed by atoms with E-state index in [1.165, 1.54) is 0 Å². The van der Waals surface area contributed by atoms with Crippen molar-refractivity contribution < 1.29 is 4.79 Å². The molecule has 1 unspecified atom stereocenters. The van der Waals surface area contributed by atoms with E-state index in [1.54, 1.807) is 0 Å². The quantitative estimate of drug-likeness (QED) is 0.864. The highest BCUT2D eigenvalue weighted by molar-refractivity contribution is 5.83. The number of hydrogen-bond donors (Lipinski definition) is 1. The van der Waals surface area contributed by atoms with Crippen molar-refractivity contribution in [3.63, 3.8) is 0 Å². The van der Waals surface area contributed by atoms with Gasteiger partial charge in [0, 0.05) is 59.1 Å². The van der Waals surface area contributed by atoms with E-state index < -0.39 is 0 Å². The van der Waals surface area contributed by atoms with Crippen molar-refractivity contribution in [2.45, 2.75) is 19.9 Å². The van der Waals surface area contributed by atoms with Crippen LogP contribution >= 0.6 is 0 Å². The molecule has 0 saturated carbocycles. The van der Waals surface area contributed by atoms with Crippen LogP contribution in [0.1, 0.15) is 25.5 Å². The standard InChI is InChI=1S/C18H30N4O/c1-5-21(6-2)18(23)17(22-13-11-19-12-14-22)15-7-9-16(10-8-15)20(3)4/h7-10,17,19H,5-6,11-14H2,1-4H3. The van der Waals surface area contributed by atoms with Crippen LogP contribution in [0.2, 0.25) is 0 Å². The summed E-state index contributed by atoms with van der Waals surface area (Å²) in [4.78, 5) is 19.4. The van der Waals surface area contributed by atoms with Gasteiger partial charge >= 0.3 is 0 Å². The molecule has 0 spiro atoms. The van der Waals surface area contributed by atoms with Gasteiger partial charge in [-0.25, -0.2) is 0 Å². The van der Waals surface area contributed by atoms with Crippen LogP contribution in [0.15, 0.2) is 24.3 Å². The van der Waals surface area contributed by atoms with E-state index in [2.05, 4.69) is 39.4 Å². The van der Waals surface area contributed by atoms with Gasteiger partial charge in [-0.1, -0.05) is 12.1 Å². The topological polar surface area (TPSA) is 38.8 Å². The van der Waals surface area contributed by atoms with Gasteiger partial charge in [0.05, 0.1) is 0 Å². The average molecular weight is 318 g/mol. The van der Waals surface area contributed by atoms with Gasteiger partial charge in [-0.15, -0.1) is 0 Å². The molecule has 1 aromatic rings. The Morgan fingerprint density at radius 3 is 2.17 bits per heavy atom. The molecule has 0 radical (unpaired) electrons. The number of amides is 1. The molecule has 1 N–H and O–H groups in total. The molecule has 1 heterocycles. The minimum atomic E-state index is -0.173. The number of likely N-dealkylation sites (N-methyl/N-ethyl adjacent to an activating group) is 1. The molecule has 2 rings (SSSR count). The van der Waals surface area contributed by atoms with Gasteiger partial charge in [0.2, 0.25) is 5.91 Å². The fraction of sp³-hybridized carbons (Fsp3) is 0.611. The van der Waals surface area contributed by atoms with Crippen molar-refractivity contribution >= 4 is 11.6 Å². The van der Waals surface area contributed by atoms with Crippen molar-refractivity contribution in [3.05, 3.63) is 29.8 Å². The monoisotopic (exact) mass is 318 g/mol. The molecule has 1 amide bonds. The third kappa shape index (κ3) is 4.24. The van der Waals surface area contributed by atoms with Gasteiger partial charge in [0.15, 0.2) is 0 Å². The second-order valence-corrected chi connectivity index (χ2v) is 6.18. The summed E-state index contributed by atoms with van der Waals surface area (Å²) in [6, 6.07) is 8.22. The van der Waals surface area contributed by atoms with Crippen molar-refractivity contribution in [2.24, 2.45) is 0 Å². The predicted octanol–water partition coefficient (Wildman–Crippen LogP) is 1.57. The maximum Gasteiger partial charge on any atom is 0.244 e. The lowest BCUT2D eigenvalue weighted by molar-refractivity contribution is -0.137. The molecular formula is C18H30N4O. The fourth-order valence-corrected chi connectivity index (χ4v) is 3.11. The Labute approximate surface area is 140 Å². The second kappa shape index (κ2) is 8.31. The highest BCUT2D eigenvalue weighted by Crippen LogP contribution is 2.25. The molecule has 5 heteroatoms. The summed E-state index contributed by atoms with van der Waals surface area (Å²) in [5.41, 5.74) is 2.25. The summed E-state index contributed by atoms with van der Waals surface area (Å²) in [6.45, 7) is 9.31. The molecule has 1 aromatic carbocycles. The Morgan fingerprint density at radius 1 is 1.13 bits per heavy atom. The molecule has 1 aliphatic rings. The smallest absolute Gasteiger partial charge is 0.244 e. The summed E-state index contributed by atoms with van der Waals surface area (Å²) in [6.07, 6.45) is 0. The lowest BCUT2D eigenvalue weighted by Crippen LogP contribution is -2.50. The predicted molar refractivity (Wildman–Crippen MR) is 95.9 cm³/mol. The first-order chi connectivity index (χ1) is 11.1. The zero-order valence-corrected chi connectivity index (χ0v) is 14.9. The number of benzene rings is 1. The summed E-state index contributed by atoms with van der Waals surface area (Å²) < 4.78 is 0. The van der Waals surface area contributed by atoms with Gasteiger partial charge in [0.1, 0.15) is 6.04 Å². The second-order valence-electron chi connectivity index (χ2n) is 6.18. The normalized spacial score (nSPS) is 16.9. The van der Waals surface area contributed by atoms with E-state index in [9.17, 15) is 4.79 Å². The molecule has 0 bridgehead atoms. The van der Waals surface area contributed by atoms with E-state index in [0.29, 0.717) is 0 Å². The molecule has 0 aromatic heterocycles. The fourth-order valence-electron chi connectivity index (χ4n) is 3.11. The first-order valence-corrected chi connectivity index (χ1v) is 8.59. The Hall–Kier alpha value is -1.59. The van der Waals surface area contributed by atoms with Gasteiger partial charge in [-0.2, -0.15) is 0 Å². The van der Waals surface area contributed by atoms with E-state index in [4.69, 9.17) is 0 Å². The van der Waals surface area contributed by atoms with Crippen LogP contribution < -0.4 is 10.2 Å². The van der Waals surface area contributed by atoms with Crippen LogP contribution in [0.4, 0.5) is 5.69 Å². The summed E-state index contributed by atoms with van der Waals surface area (Å²) in [5, 5.41) is 3.37. The molecule has 23 heavy (non-hydrogen) atoms. The van der Waals surface area contributed by atoms with Crippen molar-refractivity contribution in [1.82, 2.24) is 15.1 Å². The van der Waals surface area contributed by atoms with Crippen LogP contribution in [0.25, 0.3) is 0 Å². The van der Waals surface area contributed by atoms with Crippen molar-refractivity contribution in [3.8, 4) is 0 Å². The Balaban J connectivity index is 2.29. The van der Waals surface area contributed by atoms with Gasteiger partial charge in [-0.05, 0) is 31.5 Å². The molecule has 1 saturated heterocycles. The number of nitrogens with one attached hydrogen (secondary N) is 1. The average Bonchev–Trinajstić information content (AvgIpc) is 2.57. The lowest BCUT2D eigenvalue weighted by atomic mass is 10.0. The number of anilines is 1. The number of hydrogen-bond acceptors (Lipinski definition) is 4. The maximum absolute atomic E-state index is 13.1. The van der Waals surface area contributed by atoms with Crippen molar-refractivity contribution in [2.75, 3.05) is 58.3 Å². The molecule has 5 nitrogen and oxygen atoms in total. The first kappa shape index (κ1) is 17.8. The number of nitrogens with zero attached hydrogens (tertiary/aromatic N) is 3. The van der Waals surface area contributed by atoms with E-state index >= 15 is 0 Å². The van der Waals surface area contributed by atoms with Crippen LogP contribution in [0.5, 0.6) is 0 Å². The maximum atomic E-state index is 13.1. The Morgan fingerprint density at radius 2 is 1.70 bits per heavy atom. The molecule has 1 atom stereocenters. The van der Waals surface area contributed by atoms with Crippen LogP contribution in [-0.4, -0.2) is 69.1 Å². The van der Waals surface area contributed by atoms with Crippen LogP contribution in [0, 0.1) is 0 Å². The number of carbonyl (C=O) groups excluding carboxylic acids is 1. The Bertz CT molecular complexity index is 490. The van der Waals surface area contributed by atoms with Crippen molar-refractivity contribution in [1.29, 1.82) is 0 Å². The van der Waals surface area contributed by atoms with E-state index in [-0.39, 0.29) is 11.9 Å². The zero-order chi connectivity index (χ0) is 16.8. The largest absolute Gasteiger partial charge is 0.378 e. The minimum absolute atomic E-state index is 0.173. The summed E-state index contributed by atoms with van der Waals surface area (Å²) in [7, 11) is 4.06. The summed E-state index contributed by atoms with van der Waals surface area (Å²) in [5.74, 6) is 0.217. The number of piperazine rings is 1. The van der Waals surface area contributed by atoms with E-state index in [1.807, 2.05) is 32.8 Å². The van der Waals surface area contributed by atoms with Crippen LogP contribution in [-0.2, 0) is 4.79 Å². The van der Waals surface area contributed by atoms with E-state index in [0.717, 1.165) is 50.5 Å². The van der Waals surface area contributed by atoms with Gasteiger partial charge in [0.25, 0.3) is 0 Å². The molecule has 0 aliphatic carbocycles. The molecule has 128 valence electrons. The summed E-state index contributed by atoms with van der Waals surface area (Å²) >= 11 is 0. The third-order valence-corrected chi connectivity index (χ3v) is 4.55. The van der Waals surface area contributed by atoms with Gasteiger partial charge in [-0.3, -0.25) is 9.69 Å². The highest BCUT2D eigenvalue weighted by atomic mass is 16.2. The molecular weight excluding hydrogens is 288 g/mol. The number of rotatable bonds is 6. The zero-order valence-electron chi connectivity index (χ0n) is 14.9. The molecule has 1 aliphatic heterocycles. The third-order valence-electron chi connectivity index (χ3n) is 4.55. The molecule has 1 fully saturated rings. The Kier molecular flexibility index (Phi) is 6.42. The minimum Gasteiger partial charge on any atom is -0.378 e.